The van der Waals surface area contributed by atoms with Gasteiger partial charge in [0.2, 0.25) is 0 Å². The van der Waals surface area contributed by atoms with Crippen LogP contribution in [0.4, 0.5) is 4.39 Å². The number of hydrogen-bond acceptors (Lipinski definition) is 6. The van der Waals surface area contributed by atoms with Crippen molar-refractivity contribution in [2.45, 2.75) is 26.4 Å². The highest BCUT2D eigenvalue weighted by molar-refractivity contribution is 7.07. The van der Waals surface area contributed by atoms with Crippen molar-refractivity contribution in [2.75, 3.05) is 13.7 Å². The van der Waals surface area contributed by atoms with Gasteiger partial charge in [0.15, 0.2) is 4.80 Å². The van der Waals surface area contributed by atoms with Crippen molar-refractivity contribution >= 4 is 40.0 Å². The lowest BCUT2D eigenvalue weighted by molar-refractivity contribution is -0.138. The van der Waals surface area contributed by atoms with Crippen molar-refractivity contribution in [1.29, 1.82) is 0 Å². The Morgan fingerprint density at radius 3 is 2.38 bits per heavy atom. The molecule has 0 unspecified atom stereocenters. The summed E-state index contributed by atoms with van der Waals surface area (Å²) in [7, 11) is 1.59. The fourth-order valence-corrected chi connectivity index (χ4v) is 7.27. The van der Waals surface area contributed by atoms with E-state index >= 15 is 0 Å². The van der Waals surface area contributed by atoms with Crippen molar-refractivity contribution in [1.82, 2.24) is 9.13 Å². The maximum atomic E-state index is 14.5. The summed E-state index contributed by atoms with van der Waals surface area (Å²) in [5.41, 5.74) is 5.81. The zero-order chi connectivity index (χ0) is 33.4. The van der Waals surface area contributed by atoms with Gasteiger partial charge in [0.05, 0.1) is 35.6 Å². The van der Waals surface area contributed by atoms with E-state index in [4.69, 9.17) is 14.5 Å². The summed E-state index contributed by atoms with van der Waals surface area (Å²) < 4.78 is 28.9. The van der Waals surface area contributed by atoms with Crippen LogP contribution in [0.1, 0.15) is 40.9 Å². The molecule has 0 saturated carbocycles. The van der Waals surface area contributed by atoms with Crippen LogP contribution in [0, 0.1) is 12.7 Å². The summed E-state index contributed by atoms with van der Waals surface area (Å²) in [4.78, 5) is 33.7. The first-order valence-electron chi connectivity index (χ1n) is 15.6. The Hall–Kier alpha value is -5.54. The molecule has 3 heterocycles. The second kappa shape index (κ2) is 12.9. The molecule has 240 valence electrons. The molecule has 9 heteroatoms. The van der Waals surface area contributed by atoms with Crippen molar-refractivity contribution in [3.8, 4) is 5.75 Å². The van der Waals surface area contributed by atoms with Crippen molar-refractivity contribution in [3.05, 3.63) is 162 Å². The average Bonchev–Trinajstić information content (AvgIpc) is 3.57. The SMILES string of the molecule is CCOC(=O)C1=C(c2ccccc2)N=c2s/c(=C\c3c(C)n(Cc4ccc(F)cc4)c4ccccc34)c(=O)n2[C@H]1c1ccc(OC)cc1. The monoisotopic (exact) mass is 657 g/mol. The van der Waals surface area contributed by atoms with Crippen LogP contribution < -0.4 is 19.6 Å². The minimum Gasteiger partial charge on any atom is -0.497 e. The molecule has 48 heavy (non-hydrogen) atoms. The number of ether oxygens (including phenoxy) is 2. The first-order chi connectivity index (χ1) is 23.4. The van der Waals surface area contributed by atoms with E-state index in [2.05, 4.69) is 4.57 Å². The van der Waals surface area contributed by atoms with Crippen LogP contribution in [-0.4, -0.2) is 28.8 Å². The van der Waals surface area contributed by atoms with Crippen LogP contribution in [0.2, 0.25) is 0 Å². The minimum atomic E-state index is -0.788. The third-order valence-electron chi connectivity index (χ3n) is 8.61. The molecule has 0 amide bonds. The van der Waals surface area contributed by atoms with Gasteiger partial charge in [-0.3, -0.25) is 9.36 Å². The topological polar surface area (TPSA) is 74.8 Å². The number of fused-ring (bicyclic) bond motifs is 2. The highest BCUT2D eigenvalue weighted by Crippen LogP contribution is 2.36. The number of carbonyl (C=O) groups excluding carboxylic acids is 1. The van der Waals surface area contributed by atoms with Crippen LogP contribution in [0.3, 0.4) is 0 Å². The predicted molar refractivity (Wildman–Crippen MR) is 186 cm³/mol. The van der Waals surface area contributed by atoms with Gasteiger partial charge >= 0.3 is 5.97 Å². The fraction of sp³-hybridized carbons (Fsp3) is 0.154. The van der Waals surface area contributed by atoms with Crippen molar-refractivity contribution in [3.63, 3.8) is 0 Å². The standard InChI is InChI=1S/C39H32FN3O4S/c1-4-47-38(45)34-35(26-10-6-5-7-11-26)41-39-43(36(34)27-16-20-29(46-3)21-17-27)37(44)33(48-39)22-31-24(2)42(32-13-9-8-12-30(31)32)23-25-14-18-28(40)19-15-25/h5-22,36H,4,23H2,1-3H3/b33-22-/t36-/m0/s1. The van der Waals surface area contributed by atoms with Crippen molar-refractivity contribution < 1.29 is 18.7 Å². The number of thiazole rings is 1. The number of esters is 1. The summed E-state index contributed by atoms with van der Waals surface area (Å²) in [5.74, 6) is -0.156. The molecule has 1 atom stereocenters. The van der Waals surface area contributed by atoms with E-state index in [1.165, 1.54) is 23.5 Å². The fourth-order valence-electron chi connectivity index (χ4n) is 6.29. The zero-order valence-electron chi connectivity index (χ0n) is 26.6. The molecular weight excluding hydrogens is 626 g/mol. The number of methoxy groups -OCH3 is 1. The second-order valence-electron chi connectivity index (χ2n) is 11.4. The molecule has 0 radical (unpaired) electrons. The molecule has 0 N–H and O–H groups in total. The van der Waals surface area contributed by atoms with E-state index in [9.17, 15) is 14.0 Å². The molecule has 6 aromatic rings. The minimum absolute atomic E-state index is 0.172. The molecule has 0 aliphatic carbocycles. The van der Waals surface area contributed by atoms with Crippen LogP contribution >= 0.6 is 11.3 Å². The lowest BCUT2D eigenvalue weighted by Gasteiger charge is -2.26. The van der Waals surface area contributed by atoms with Crippen LogP contribution in [0.5, 0.6) is 5.75 Å². The highest BCUT2D eigenvalue weighted by atomic mass is 32.1. The van der Waals surface area contributed by atoms with Gasteiger partial charge in [0, 0.05) is 34.3 Å². The Kier molecular flexibility index (Phi) is 8.37. The Balaban J connectivity index is 1.46. The van der Waals surface area contributed by atoms with Gasteiger partial charge in [-0.1, -0.05) is 84.1 Å². The highest BCUT2D eigenvalue weighted by Gasteiger charge is 2.35. The van der Waals surface area contributed by atoms with E-state index < -0.39 is 12.0 Å². The van der Waals surface area contributed by atoms with Crippen molar-refractivity contribution in [2.24, 2.45) is 4.99 Å². The molecule has 1 aliphatic heterocycles. The van der Waals surface area contributed by atoms with E-state index in [0.717, 1.165) is 38.9 Å². The molecule has 7 nitrogen and oxygen atoms in total. The molecule has 0 spiro atoms. The van der Waals surface area contributed by atoms with Gasteiger partial charge in [-0.15, -0.1) is 0 Å². The Morgan fingerprint density at radius 1 is 0.958 bits per heavy atom. The van der Waals surface area contributed by atoms with E-state index in [1.807, 2.05) is 91.9 Å². The number of nitrogens with zero attached hydrogens (tertiary/aromatic N) is 3. The molecular formula is C39H32FN3O4S. The normalized spacial score (nSPS) is 14.6. The maximum absolute atomic E-state index is 14.5. The summed E-state index contributed by atoms with van der Waals surface area (Å²) in [6.07, 6.45) is 1.92. The summed E-state index contributed by atoms with van der Waals surface area (Å²) >= 11 is 1.29. The van der Waals surface area contributed by atoms with E-state index in [1.54, 1.807) is 30.7 Å². The number of hydrogen-bond donors (Lipinski definition) is 0. The lowest BCUT2D eigenvalue weighted by Crippen LogP contribution is -2.40. The maximum Gasteiger partial charge on any atom is 0.338 e. The molecule has 1 aliphatic rings. The largest absolute Gasteiger partial charge is 0.497 e. The molecule has 2 aromatic heterocycles. The summed E-state index contributed by atoms with van der Waals surface area (Å²) in [6, 6.07) is 30.6. The molecule has 0 fully saturated rings. The zero-order valence-corrected chi connectivity index (χ0v) is 27.5. The first kappa shape index (κ1) is 31.1. The number of rotatable bonds is 8. The number of benzene rings is 4. The lowest BCUT2D eigenvalue weighted by atomic mass is 9.93. The molecule has 0 saturated heterocycles. The average molecular weight is 658 g/mol. The van der Waals surface area contributed by atoms with Crippen LogP contribution in [0.15, 0.2) is 118 Å². The van der Waals surface area contributed by atoms with Gasteiger partial charge in [-0.05, 0) is 61.4 Å². The number of halogens is 1. The van der Waals surface area contributed by atoms with Gasteiger partial charge in [0.25, 0.3) is 5.56 Å². The first-order valence-corrected chi connectivity index (χ1v) is 16.4. The molecule has 4 aromatic carbocycles. The van der Waals surface area contributed by atoms with Gasteiger partial charge in [-0.2, -0.15) is 0 Å². The van der Waals surface area contributed by atoms with E-state index in [-0.39, 0.29) is 18.0 Å². The number of carbonyl (C=O) groups is 1. The Bertz CT molecular complexity index is 2370. The Morgan fingerprint density at radius 2 is 1.67 bits per heavy atom. The van der Waals surface area contributed by atoms with Crippen LogP contribution in [0.25, 0.3) is 22.7 Å². The molecule has 0 bridgehead atoms. The van der Waals surface area contributed by atoms with Crippen LogP contribution in [-0.2, 0) is 16.1 Å². The summed E-state index contributed by atoms with van der Waals surface area (Å²) in [5, 5.41) is 0.992. The predicted octanol–water partition coefficient (Wildman–Crippen LogP) is 6.39. The quantitative estimate of drug-likeness (QED) is 0.178. The van der Waals surface area contributed by atoms with Gasteiger partial charge in [-0.25, -0.2) is 14.2 Å². The number of para-hydroxylation sites is 1. The van der Waals surface area contributed by atoms with Gasteiger partial charge < -0.3 is 14.0 Å². The summed E-state index contributed by atoms with van der Waals surface area (Å²) in [6.45, 7) is 4.50. The molecule has 7 rings (SSSR count). The Labute approximate surface area is 280 Å². The second-order valence-corrected chi connectivity index (χ2v) is 12.4. The van der Waals surface area contributed by atoms with Gasteiger partial charge in [0.1, 0.15) is 11.6 Å². The van der Waals surface area contributed by atoms with E-state index in [0.29, 0.717) is 32.9 Å². The number of aromatic nitrogens is 2. The third-order valence-corrected chi connectivity index (χ3v) is 9.60. The smallest absolute Gasteiger partial charge is 0.338 e. The third kappa shape index (κ3) is 5.56.